The number of nitriles is 1. The van der Waals surface area contributed by atoms with Crippen LogP contribution in [0.15, 0.2) is 30.3 Å². The summed E-state index contributed by atoms with van der Waals surface area (Å²) in [5.41, 5.74) is 2.74. The molecule has 1 saturated heterocycles. The van der Waals surface area contributed by atoms with Gasteiger partial charge in [-0.2, -0.15) is 5.26 Å². The van der Waals surface area contributed by atoms with Gasteiger partial charge in [-0.1, -0.05) is 6.07 Å². The van der Waals surface area contributed by atoms with Crippen LogP contribution in [0.2, 0.25) is 0 Å². The monoisotopic (exact) mass is 380 g/mol. The molecule has 0 radical (unpaired) electrons. The number of aryl methyl sites for hydroxylation is 1. The first-order chi connectivity index (χ1) is 13.5. The van der Waals surface area contributed by atoms with Crippen molar-refractivity contribution in [3.05, 3.63) is 52.7 Å². The minimum absolute atomic E-state index is 0.0211. The number of halogens is 1. The number of hydrogen-bond donors (Lipinski definition) is 0. The Kier molecular flexibility index (Phi) is 4.63. The van der Waals surface area contributed by atoms with Gasteiger partial charge in [0.2, 0.25) is 0 Å². The van der Waals surface area contributed by atoms with Gasteiger partial charge in [-0.15, -0.1) is 0 Å². The SMILES string of the molecule is Cc1cc2c(nc1N1CC[C@@H](Oc3cccc(C#N)c3)[C@@H](F)C1)CN(C)C2=O. The van der Waals surface area contributed by atoms with Crippen LogP contribution in [0.3, 0.4) is 0 Å². The average Bonchev–Trinajstić information content (AvgIpc) is 2.96. The molecule has 28 heavy (non-hydrogen) atoms. The van der Waals surface area contributed by atoms with Crippen LogP contribution in [-0.2, 0) is 6.54 Å². The van der Waals surface area contributed by atoms with E-state index in [1.54, 1.807) is 36.2 Å². The van der Waals surface area contributed by atoms with Gasteiger partial charge in [0.1, 0.15) is 17.7 Å². The van der Waals surface area contributed by atoms with Crippen LogP contribution < -0.4 is 9.64 Å². The van der Waals surface area contributed by atoms with Crippen molar-refractivity contribution < 1.29 is 13.9 Å². The number of nitrogens with zero attached hydrogens (tertiary/aromatic N) is 4. The third-order valence-electron chi connectivity index (χ3n) is 5.26. The number of carbonyl (C=O) groups is 1. The van der Waals surface area contributed by atoms with Crippen LogP contribution in [-0.4, -0.2) is 48.2 Å². The van der Waals surface area contributed by atoms with E-state index in [-0.39, 0.29) is 12.5 Å². The van der Waals surface area contributed by atoms with Gasteiger partial charge in [-0.25, -0.2) is 9.37 Å². The minimum atomic E-state index is -1.18. The van der Waals surface area contributed by atoms with Gasteiger partial charge in [-0.3, -0.25) is 4.79 Å². The van der Waals surface area contributed by atoms with Gasteiger partial charge >= 0.3 is 0 Å². The van der Waals surface area contributed by atoms with Crippen molar-refractivity contribution in [1.82, 2.24) is 9.88 Å². The Labute approximate surface area is 163 Å². The standard InChI is InChI=1S/C21H21FN4O2/c1-13-8-16-18(12-25(2)21(16)27)24-20(13)26-7-6-19(17(22)11-26)28-15-5-3-4-14(9-15)10-23/h3-5,8-9,17,19H,6-7,11-12H2,1-2H3/t17-,19+/m0/s1. The molecule has 1 aromatic heterocycles. The summed E-state index contributed by atoms with van der Waals surface area (Å²) in [5, 5.41) is 8.99. The first-order valence-electron chi connectivity index (χ1n) is 9.28. The highest BCUT2D eigenvalue weighted by molar-refractivity contribution is 5.98. The van der Waals surface area contributed by atoms with Crippen molar-refractivity contribution in [2.24, 2.45) is 0 Å². The van der Waals surface area contributed by atoms with Crippen molar-refractivity contribution in [2.45, 2.75) is 32.2 Å². The second-order valence-electron chi connectivity index (χ2n) is 7.33. The zero-order valence-electron chi connectivity index (χ0n) is 15.9. The molecule has 1 aromatic carbocycles. The Hall–Kier alpha value is -3.14. The summed E-state index contributed by atoms with van der Waals surface area (Å²) in [6.07, 6.45) is -1.24. The van der Waals surface area contributed by atoms with E-state index >= 15 is 0 Å². The van der Waals surface area contributed by atoms with Crippen LogP contribution >= 0.6 is 0 Å². The lowest BCUT2D eigenvalue weighted by Crippen LogP contribution is -2.47. The molecular formula is C21H21FN4O2. The Morgan fingerprint density at radius 3 is 2.93 bits per heavy atom. The number of carbonyl (C=O) groups excluding carboxylic acids is 1. The lowest BCUT2D eigenvalue weighted by molar-refractivity contribution is 0.0816. The zero-order valence-corrected chi connectivity index (χ0v) is 15.9. The molecule has 3 heterocycles. The molecule has 0 unspecified atom stereocenters. The highest BCUT2D eigenvalue weighted by Crippen LogP contribution is 2.30. The maximum Gasteiger partial charge on any atom is 0.255 e. The van der Waals surface area contributed by atoms with Gasteiger partial charge in [0, 0.05) is 20.0 Å². The lowest BCUT2D eigenvalue weighted by Gasteiger charge is -2.36. The molecule has 0 bridgehead atoms. The summed E-state index contributed by atoms with van der Waals surface area (Å²) in [5.74, 6) is 1.22. The van der Waals surface area contributed by atoms with Crippen LogP contribution in [0.4, 0.5) is 10.2 Å². The summed E-state index contributed by atoms with van der Waals surface area (Å²) in [6.45, 7) is 3.17. The van der Waals surface area contributed by atoms with Crippen molar-refractivity contribution >= 4 is 11.7 Å². The van der Waals surface area contributed by atoms with Crippen LogP contribution in [0.25, 0.3) is 0 Å². The number of rotatable bonds is 3. The second-order valence-corrected chi connectivity index (χ2v) is 7.33. The van der Waals surface area contributed by atoms with Gasteiger partial charge in [0.15, 0.2) is 6.17 Å². The minimum Gasteiger partial charge on any atom is -0.487 e. The molecule has 2 aliphatic heterocycles. The van der Waals surface area contributed by atoms with Gasteiger partial charge in [-0.05, 0) is 36.8 Å². The fourth-order valence-electron chi connectivity index (χ4n) is 3.79. The number of ether oxygens (including phenoxy) is 1. The van der Waals surface area contributed by atoms with Gasteiger partial charge < -0.3 is 14.5 Å². The first-order valence-corrected chi connectivity index (χ1v) is 9.28. The Morgan fingerprint density at radius 2 is 2.18 bits per heavy atom. The summed E-state index contributed by atoms with van der Waals surface area (Å²) < 4.78 is 20.7. The number of benzene rings is 1. The van der Waals surface area contributed by atoms with E-state index in [0.29, 0.717) is 36.4 Å². The smallest absolute Gasteiger partial charge is 0.255 e. The van der Waals surface area contributed by atoms with E-state index in [4.69, 9.17) is 10.00 Å². The number of piperidine rings is 1. The molecule has 0 aliphatic carbocycles. The number of anilines is 1. The van der Waals surface area contributed by atoms with Crippen molar-refractivity contribution in [3.63, 3.8) is 0 Å². The number of amides is 1. The Bertz CT molecular complexity index is 971. The summed E-state index contributed by atoms with van der Waals surface area (Å²) in [7, 11) is 1.75. The summed E-state index contributed by atoms with van der Waals surface area (Å²) >= 11 is 0. The third kappa shape index (κ3) is 3.26. The topological polar surface area (TPSA) is 69.5 Å². The van der Waals surface area contributed by atoms with Crippen LogP contribution in [0.1, 0.15) is 33.6 Å². The second kappa shape index (κ2) is 7.12. The quantitative estimate of drug-likeness (QED) is 0.819. The van der Waals surface area contributed by atoms with Crippen molar-refractivity contribution in [2.75, 3.05) is 25.0 Å². The summed E-state index contributed by atoms with van der Waals surface area (Å²) in [6, 6.07) is 10.7. The van der Waals surface area contributed by atoms with Crippen LogP contribution in [0.5, 0.6) is 5.75 Å². The summed E-state index contributed by atoms with van der Waals surface area (Å²) in [4.78, 5) is 20.3. The van der Waals surface area contributed by atoms with Gasteiger partial charge in [0.05, 0.1) is 36.0 Å². The molecule has 144 valence electrons. The molecule has 1 amide bonds. The molecule has 4 rings (SSSR count). The highest BCUT2D eigenvalue weighted by atomic mass is 19.1. The Balaban J connectivity index is 1.48. The normalized spacial score (nSPS) is 21.4. The van der Waals surface area contributed by atoms with E-state index in [9.17, 15) is 9.18 Å². The third-order valence-corrected chi connectivity index (χ3v) is 5.26. The number of alkyl halides is 1. The van der Waals surface area contributed by atoms with E-state index in [1.807, 2.05) is 17.9 Å². The number of aromatic nitrogens is 1. The maximum absolute atomic E-state index is 14.9. The number of hydrogen-bond acceptors (Lipinski definition) is 5. The Morgan fingerprint density at radius 1 is 1.36 bits per heavy atom. The zero-order chi connectivity index (χ0) is 19.8. The molecule has 2 aromatic rings. The fourth-order valence-corrected chi connectivity index (χ4v) is 3.79. The predicted molar refractivity (Wildman–Crippen MR) is 102 cm³/mol. The molecule has 0 saturated carbocycles. The molecule has 0 spiro atoms. The molecule has 0 N–H and O–H groups in total. The van der Waals surface area contributed by atoms with E-state index in [2.05, 4.69) is 11.1 Å². The lowest BCUT2D eigenvalue weighted by atomic mass is 10.0. The van der Waals surface area contributed by atoms with E-state index in [0.717, 1.165) is 17.1 Å². The van der Waals surface area contributed by atoms with Crippen molar-refractivity contribution in [3.8, 4) is 11.8 Å². The maximum atomic E-state index is 14.9. The molecule has 2 aliphatic rings. The van der Waals surface area contributed by atoms with Crippen LogP contribution in [0, 0.1) is 18.3 Å². The average molecular weight is 380 g/mol. The molecule has 6 nitrogen and oxygen atoms in total. The highest BCUT2D eigenvalue weighted by Gasteiger charge is 2.34. The molecule has 2 atom stereocenters. The molecule has 7 heteroatoms. The first kappa shape index (κ1) is 18.2. The molecule has 1 fully saturated rings. The predicted octanol–water partition coefficient (Wildman–Crippen LogP) is 2.84. The van der Waals surface area contributed by atoms with Gasteiger partial charge in [0.25, 0.3) is 5.91 Å². The largest absolute Gasteiger partial charge is 0.487 e. The van der Waals surface area contributed by atoms with E-state index in [1.165, 1.54) is 0 Å². The number of fused-ring (bicyclic) bond motifs is 1. The van der Waals surface area contributed by atoms with Crippen molar-refractivity contribution in [1.29, 1.82) is 5.26 Å². The molecular weight excluding hydrogens is 359 g/mol. The van der Waals surface area contributed by atoms with E-state index < -0.39 is 12.3 Å². The fraction of sp³-hybridized carbons (Fsp3) is 0.381. The number of pyridine rings is 1.